The van der Waals surface area contributed by atoms with Crippen LogP contribution in [0.4, 0.5) is 13.2 Å². The summed E-state index contributed by atoms with van der Waals surface area (Å²) in [4.78, 5) is 25.1. The zero-order valence-electron chi connectivity index (χ0n) is 15.5. The van der Waals surface area contributed by atoms with E-state index >= 15 is 0 Å². The van der Waals surface area contributed by atoms with Gasteiger partial charge in [-0.05, 0) is 37.5 Å². The molecule has 2 aliphatic heterocycles. The van der Waals surface area contributed by atoms with Gasteiger partial charge in [0.1, 0.15) is 23.5 Å². The first-order chi connectivity index (χ1) is 13.8. The Morgan fingerprint density at radius 2 is 1.83 bits per heavy atom. The number of hydrogen-bond acceptors (Lipinski definition) is 3. The van der Waals surface area contributed by atoms with E-state index < -0.39 is 36.0 Å². The maximum absolute atomic E-state index is 12.9. The van der Waals surface area contributed by atoms with Crippen molar-refractivity contribution in [3.05, 3.63) is 59.2 Å². The smallest absolute Gasteiger partial charge is 0.408 e. The third kappa shape index (κ3) is 3.54. The maximum Gasteiger partial charge on any atom is 0.408 e. The molecule has 0 radical (unpaired) electrons. The molecular weight excluding hydrogens is 385 g/mol. The van der Waals surface area contributed by atoms with Crippen LogP contribution in [0.25, 0.3) is 0 Å². The third-order valence-corrected chi connectivity index (χ3v) is 5.40. The van der Waals surface area contributed by atoms with Crippen molar-refractivity contribution in [3.63, 3.8) is 0 Å². The molecule has 5 nitrogen and oxygen atoms in total. The number of carbonyl (C=O) groups is 2. The Morgan fingerprint density at radius 1 is 1.10 bits per heavy atom. The van der Waals surface area contributed by atoms with E-state index in [2.05, 4.69) is 5.32 Å². The molecule has 0 saturated carbocycles. The van der Waals surface area contributed by atoms with Gasteiger partial charge >= 0.3 is 6.18 Å². The van der Waals surface area contributed by atoms with Crippen LogP contribution in [0.5, 0.6) is 11.5 Å². The summed E-state index contributed by atoms with van der Waals surface area (Å²) in [7, 11) is 0. The molecule has 4 rings (SSSR count). The Hall–Kier alpha value is -3.03. The van der Waals surface area contributed by atoms with E-state index in [4.69, 9.17) is 4.74 Å². The lowest BCUT2D eigenvalue weighted by atomic mass is 9.89. The summed E-state index contributed by atoms with van der Waals surface area (Å²) < 4.78 is 44.5. The molecule has 2 amide bonds. The first-order valence-electron chi connectivity index (χ1n) is 9.29. The predicted molar refractivity (Wildman–Crippen MR) is 98.4 cm³/mol. The van der Waals surface area contributed by atoms with Crippen LogP contribution in [0.15, 0.2) is 42.5 Å². The summed E-state index contributed by atoms with van der Waals surface area (Å²) in [5.74, 6) is -1.49. The van der Waals surface area contributed by atoms with Gasteiger partial charge in [-0.2, -0.15) is 13.2 Å². The molecule has 0 aliphatic carbocycles. The van der Waals surface area contributed by atoms with Gasteiger partial charge in [-0.3, -0.25) is 9.59 Å². The molecule has 152 valence electrons. The molecule has 2 heterocycles. The van der Waals surface area contributed by atoms with Crippen LogP contribution in [-0.2, 0) is 9.59 Å². The Bertz CT molecular complexity index is 974. The van der Waals surface area contributed by atoms with Gasteiger partial charge < -0.3 is 15.4 Å². The van der Waals surface area contributed by atoms with Crippen molar-refractivity contribution in [3.8, 4) is 11.5 Å². The van der Waals surface area contributed by atoms with E-state index in [1.54, 1.807) is 12.1 Å². The topological polar surface area (TPSA) is 67.4 Å². The molecule has 0 aromatic heterocycles. The van der Waals surface area contributed by atoms with Crippen molar-refractivity contribution in [1.82, 2.24) is 10.6 Å². The molecule has 2 aromatic carbocycles. The zero-order chi connectivity index (χ0) is 20.8. The number of amides is 2. The van der Waals surface area contributed by atoms with Crippen molar-refractivity contribution >= 4 is 11.8 Å². The molecule has 1 saturated heterocycles. The van der Waals surface area contributed by atoms with Crippen LogP contribution in [-0.4, -0.2) is 24.0 Å². The van der Waals surface area contributed by atoms with Gasteiger partial charge in [0.05, 0.1) is 6.04 Å². The van der Waals surface area contributed by atoms with Crippen LogP contribution >= 0.6 is 0 Å². The Balaban J connectivity index is 1.60. The Labute approximate surface area is 165 Å². The first kappa shape index (κ1) is 19.3. The number of rotatable bonds is 2. The number of ether oxygens (including phenoxy) is 1. The number of benzene rings is 2. The molecule has 3 atom stereocenters. The second kappa shape index (κ2) is 7.09. The fourth-order valence-corrected chi connectivity index (χ4v) is 3.90. The minimum absolute atomic E-state index is 0.159. The highest BCUT2D eigenvalue weighted by molar-refractivity contribution is 6.01. The van der Waals surface area contributed by atoms with Gasteiger partial charge in [-0.1, -0.05) is 30.3 Å². The summed E-state index contributed by atoms with van der Waals surface area (Å²) in [6, 6.07) is 10.3. The Morgan fingerprint density at radius 3 is 2.55 bits per heavy atom. The number of fused-ring (bicyclic) bond motifs is 2. The summed E-state index contributed by atoms with van der Waals surface area (Å²) in [6.07, 6.45) is -5.01. The normalized spacial score (nSPS) is 23.3. The highest BCUT2D eigenvalue weighted by atomic mass is 19.4. The van der Waals surface area contributed by atoms with E-state index in [-0.39, 0.29) is 12.8 Å². The molecule has 2 aliphatic rings. The fourth-order valence-electron chi connectivity index (χ4n) is 3.90. The molecule has 1 fully saturated rings. The van der Waals surface area contributed by atoms with Gasteiger partial charge in [-0.25, -0.2) is 0 Å². The Kier molecular flexibility index (Phi) is 4.72. The highest BCUT2D eigenvalue weighted by Gasteiger charge is 2.46. The third-order valence-electron chi connectivity index (χ3n) is 5.40. The monoisotopic (exact) mass is 404 g/mol. The minimum atomic E-state index is -4.52. The van der Waals surface area contributed by atoms with E-state index in [9.17, 15) is 22.8 Å². The van der Waals surface area contributed by atoms with E-state index in [0.29, 0.717) is 11.5 Å². The van der Waals surface area contributed by atoms with Crippen LogP contribution in [0.1, 0.15) is 35.6 Å². The van der Waals surface area contributed by atoms with Gasteiger partial charge in [-0.15, -0.1) is 0 Å². The number of para-hydroxylation sites is 1. The van der Waals surface area contributed by atoms with Crippen molar-refractivity contribution in [2.45, 2.75) is 38.0 Å². The average molecular weight is 404 g/mol. The maximum atomic E-state index is 12.9. The van der Waals surface area contributed by atoms with Crippen LogP contribution in [0.2, 0.25) is 0 Å². The van der Waals surface area contributed by atoms with Gasteiger partial charge in [0.2, 0.25) is 11.8 Å². The SMILES string of the molecule is Cc1cccc2c1C(NC(=O)C1CCC(C(F)(F)F)NC1=O)c1ccccc1O2. The molecule has 8 heteroatoms. The molecule has 3 unspecified atom stereocenters. The van der Waals surface area contributed by atoms with Gasteiger partial charge in [0.15, 0.2) is 0 Å². The van der Waals surface area contributed by atoms with Gasteiger partial charge in [0.25, 0.3) is 0 Å². The molecule has 29 heavy (non-hydrogen) atoms. The summed E-state index contributed by atoms with van der Waals surface area (Å²) in [6.45, 7) is 1.89. The number of carbonyl (C=O) groups excluding carboxylic acids is 2. The lowest BCUT2D eigenvalue weighted by Crippen LogP contribution is -2.54. The summed E-state index contributed by atoms with van der Waals surface area (Å²) >= 11 is 0. The lowest BCUT2D eigenvalue weighted by molar-refractivity contribution is -0.171. The minimum Gasteiger partial charge on any atom is -0.457 e. The standard InChI is InChI=1S/C21H19F3N2O3/c1-11-5-4-8-15-17(11)18(12-6-2-3-7-14(12)29-15)26-20(28)13-9-10-16(21(22,23)24)25-19(13)27/h2-8,13,16,18H,9-10H2,1H3,(H,25,27)(H,26,28). The first-order valence-corrected chi connectivity index (χ1v) is 9.29. The number of alkyl halides is 3. The second-order valence-electron chi connectivity index (χ2n) is 7.30. The number of aryl methyl sites for hydroxylation is 1. The summed E-state index contributed by atoms with van der Waals surface area (Å²) in [5.41, 5.74) is 2.39. The molecule has 0 spiro atoms. The zero-order valence-corrected chi connectivity index (χ0v) is 15.5. The molecular formula is C21H19F3N2O3. The van der Waals surface area contributed by atoms with E-state index in [1.807, 2.05) is 42.6 Å². The molecule has 2 aromatic rings. The van der Waals surface area contributed by atoms with Crippen molar-refractivity contribution in [2.75, 3.05) is 0 Å². The van der Waals surface area contributed by atoms with E-state index in [0.717, 1.165) is 16.7 Å². The van der Waals surface area contributed by atoms with E-state index in [1.165, 1.54) is 0 Å². The summed E-state index contributed by atoms with van der Waals surface area (Å²) in [5, 5.41) is 4.79. The highest BCUT2D eigenvalue weighted by Crippen LogP contribution is 2.44. The van der Waals surface area contributed by atoms with Crippen molar-refractivity contribution < 1.29 is 27.5 Å². The largest absolute Gasteiger partial charge is 0.457 e. The lowest BCUT2D eigenvalue weighted by Gasteiger charge is -2.33. The second-order valence-corrected chi connectivity index (χ2v) is 7.30. The quantitative estimate of drug-likeness (QED) is 0.749. The van der Waals surface area contributed by atoms with Crippen LogP contribution in [0, 0.1) is 12.8 Å². The predicted octanol–water partition coefficient (Wildman–Crippen LogP) is 3.76. The van der Waals surface area contributed by atoms with Crippen molar-refractivity contribution in [2.24, 2.45) is 5.92 Å². The van der Waals surface area contributed by atoms with Crippen LogP contribution in [0.3, 0.4) is 0 Å². The molecule has 0 bridgehead atoms. The average Bonchev–Trinajstić information content (AvgIpc) is 2.67. The number of hydrogen-bond donors (Lipinski definition) is 2. The number of piperidine rings is 1. The van der Waals surface area contributed by atoms with Crippen molar-refractivity contribution in [1.29, 1.82) is 0 Å². The number of halogens is 3. The molecule has 2 N–H and O–H groups in total. The number of nitrogens with one attached hydrogen (secondary N) is 2. The van der Waals surface area contributed by atoms with Gasteiger partial charge in [0, 0.05) is 11.1 Å². The fraction of sp³-hybridized carbons (Fsp3) is 0.333. The van der Waals surface area contributed by atoms with Crippen LogP contribution < -0.4 is 15.4 Å².